The van der Waals surface area contributed by atoms with E-state index in [-0.39, 0.29) is 17.3 Å². The zero-order chi connectivity index (χ0) is 17.7. The van der Waals surface area contributed by atoms with Crippen molar-refractivity contribution in [2.45, 2.75) is 20.5 Å². The van der Waals surface area contributed by atoms with E-state index in [1.807, 2.05) is 0 Å². The number of carbonyl (C=O) groups excluding carboxylic acids is 1. The Labute approximate surface area is 138 Å². The molecular formula is C17H18F2N2O3. The third-order valence-corrected chi connectivity index (χ3v) is 3.17. The summed E-state index contributed by atoms with van der Waals surface area (Å²) in [4.78, 5) is 12.2. The molecule has 0 aliphatic heterocycles. The second kappa shape index (κ2) is 7.72. The van der Waals surface area contributed by atoms with Gasteiger partial charge >= 0.3 is 6.61 Å². The molecule has 1 heterocycles. The summed E-state index contributed by atoms with van der Waals surface area (Å²) in [7, 11) is 1.69. The molecule has 0 radical (unpaired) electrons. The highest BCUT2D eigenvalue weighted by Gasteiger charge is 2.12. The average Bonchev–Trinajstić information content (AvgIpc) is 2.85. The first-order chi connectivity index (χ1) is 11.4. The predicted molar refractivity (Wildman–Crippen MR) is 85.6 cm³/mol. The van der Waals surface area contributed by atoms with E-state index < -0.39 is 6.61 Å². The van der Waals surface area contributed by atoms with E-state index in [4.69, 9.17) is 4.74 Å². The van der Waals surface area contributed by atoms with Crippen molar-refractivity contribution in [1.29, 1.82) is 0 Å². The molecule has 0 saturated heterocycles. The van der Waals surface area contributed by atoms with Crippen LogP contribution in [0.3, 0.4) is 0 Å². The highest BCUT2D eigenvalue weighted by atomic mass is 19.3. The molecule has 5 nitrogen and oxygen atoms in total. The van der Waals surface area contributed by atoms with Crippen molar-refractivity contribution in [1.82, 2.24) is 9.78 Å². The van der Waals surface area contributed by atoms with Crippen LogP contribution in [0.25, 0.3) is 6.08 Å². The van der Waals surface area contributed by atoms with Gasteiger partial charge in [0, 0.05) is 7.05 Å². The normalized spacial score (nSPS) is 11.2. The number of nitrogens with zero attached hydrogens (tertiary/aromatic N) is 2. The van der Waals surface area contributed by atoms with Gasteiger partial charge in [0.1, 0.15) is 5.69 Å². The molecule has 1 aromatic heterocycles. The summed E-state index contributed by atoms with van der Waals surface area (Å²) in [5.41, 5.74) is 1.85. The SMILES string of the molecule is CCOc1cc(/C=C/C(=O)c2cc(C)nn2C)ccc1OC(F)F. The summed E-state index contributed by atoms with van der Waals surface area (Å²) in [5.74, 6) is -0.0506. The predicted octanol–water partition coefficient (Wildman–Crippen LogP) is 3.62. The van der Waals surface area contributed by atoms with E-state index in [2.05, 4.69) is 9.84 Å². The Morgan fingerprint density at radius 2 is 2.08 bits per heavy atom. The van der Waals surface area contributed by atoms with Crippen molar-refractivity contribution in [3.8, 4) is 11.5 Å². The summed E-state index contributed by atoms with van der Waals surface area (Å²) in [6.07, 6.45) is 2.98. The molecule has 2 aromatic rings. The Kier molecular flexibility index (Phi) is 5.68. The fraction of sp³-hybridized carbons (Fsp3) is 0.294. The molecular weight excluding hydrogens is 318 g/mol. The van der Waals surface area contributed by atoms with E-state index in [1.54, 1.807) is 45.2 Å². The number of rotatable bonds is 7. The van der Waals surface area contributed by atoms with Crippen LogP contribution in [-0.4, -0.2) is 28.8 Å². The van der Waals surface area contributed by atoms with Gasteiger partial charge in [0.15, 0.2) is 11.5 Å². The van der Waals surface area contributed by atoms with Crippen LogP contribution >= 0.6 is 0 Å². The summed E-state index contributed by atoms with van der Waals surface area (Å²) < 4.78 is 36.0. The van der Waals surface area contributed by atoms with Crippen LogP contribution in [0.5, 0.6) is 11.5 Å². The van der Waals surface area contributed by atoms with Crippen LogP contribution in [0.15, 0.2) is 30.3 Å². The maximum Gasteiger partial charge on any atom is 0.387 e. The Bertz CT molecular complexity index is 754. The van der Waals surface area contributed by atoms with Gasteiger partial charge < -0.3 is 9.47 Å². The van der Waals surface area contributed by atoms with E-state index in [1.165, 1.54) is 16.8 Å². The molecule has 0 amide bonds. The van der Waals surface area contributed by atoms with Gasteiger partial charge in [-0.05, 0) is 43.7 Å². The first kappa shape index (κ1) is 17.7. The zero-order valence-electron chi connectivity index (χ0n) is 13.6. The number of halogens is 2. The van der Waals surface area contributed by atoms with Gasteiger partial charge in [0.2, 0.25) is 5.78 Å². The van der Waals surface area contributed by atoms with Crippen molar-refractivity contribution in [2.24, 2.45) is 7.05 Å². The summed E-state index contributed by atoms with van der Waals surface area (Å²) in [6.45, 7) is 0.916. The molecule has 0 unspecified atom stereocenters. The second-order valence-corrected chi connectivity index (χ2v) is 5.01. The minimum Gasteiger partial charge on any atom is -0.490 e. The number of alkyl halides is 2. The van der Waals surface area contributed by atoms with E-state index in [0.717, 1.165) is 5.69 Å². The quantitative estimate of drug-likeness (QED) is 0.572. The van der Waals surface area contributed by atoms with Crippen LogP contribution in [-0.2, 0) is 7.05 Å². The molecule has 0 aliphatic rings. The Morgan fingerprint density at radius 3 is 2.67 bits per heavy atom. The summed E-state index contributed by atoms with van der Waals surface area (Å²) in [5, 5.41) is 4.12. The van der Waals surface area contributed by atoms with Gasteiger partial charge in [-0.25, -0.2) is 0 Å². The van der Waals surface area contributed by atoms with Gasteiger partial charge in [0.05, 0.1) is 12.3 Å². The number of aromatic nitrogens is 2. The summed E-state index contributed by atoms with van der Waals surface area (Å²) >= 11 is 0. The van der Waals surface area contributed by atoms with Crippen LogP contribution in [0.4, 0.5) is 8.78 Å². The maximum atomic E-state index is 12.4. The molecule has 0 aliphatic carbocycles. The molecule has 24 heavy (non-hydrogen) atoms. The third kappa shape index (κ3) is 4.41. The fourth-order valence-corrected chi connectivity index (χ4v) is 2.19. The van der Waals surface area contributed by atoms with Gasteiger partial charge in [-0.3, -0.25) is 9.48 Å². The number of hydrogen-bond donors (Lipinski definition) is 0. The molecule has 0 bridgehead atoms. The van der Waals surface area contributed by atoms with Crippen LogP contribution in [0, 0.1) is 6.92 Å². The number of benzene rings is 1. The maximum absolute atomic E-state index is 12.4. The van der Waals surface area contributed by atoms with Gasteiger partial charge in [-0.2, -0.15) is 13.9 Å². The number of ether oxygens (including phenoxy) is 2. The highest BCUT2D eigenvalue weighted by Crippen LogP contribution is 2.30. The lowest BCUT2D eigenvalue weighted by Crippen LogP contribution is -2.05. The fourth-order valence-electron chi connectivity index (χ4n) is 2.19. The standard InChI is InChI=1S/C17H18F2N2O3/c1-4-23-16-10-12(6-8-15(16)24-17(18)19)5-7-14(22)13-9-11(2)20-21(13)3/h5-10,17H,4H2,1-3H3/b7-5+. The molecule has 1 aromatic carbocycles. The van der Waals surface area contributed by atoms with Crippen molar-refractivity contribution < 1.29 is 23.0 Å². The molecule has 128 valence electrons. The van der Waals surface area contributed by atoms with Crippen molar-refractivity contribution >= 4 is 11.9 Å². The van der Waals surface area contributed by atoms with Crippen LogP contribution < -0.4 is 9.47 Å². The number of ketones is 1. The van der Waals surface area contributed by atoms with Gasteiger partial charge in [-0.1, -0.05) is 12.1 Å². The molecule has 0 N–H and O–H groups in total. The second-order valence-electron chi connectivity index (χ2n) is 5.01. The lowest BCUT2D eigenvalue weighted by Gasteiger charge is -2.11. The highest BCUT2D eigenvalue weighted by molar-refractivity contribution is 6.05. The minimum atomic E-state index is -2.93. The van der Waals surface area contributed by atoms with E-state index in [9.17, 15) is 13.6 Å². The molecule has 2 rings (SSSR count). The smallest absolute Gasteiger partial charge is 0.387 e. The topological polar surface area (TPSA) is 53.3 Å². The molecule has 0 saturated carbocycles. The van der Waals surface area contributed by atoms with E-state index >= 15 is 0 Å². The Balaban J connectivity index is 2.21. The number of hydrogen-bond acceptors (Lipinski definition) is 4. The number of allylic oxidation sites excluding steroid dienone is 1. The van der Waals surface area contributed by atoms with Gasteiger partial charge in [-0.15, -0.1) is 0 Å². The molecule has 7 heteroatoms. The van der Waals surface area contributed by atoms with Crippen molar-refractivity contribution in [2.75, 3.05) is 6.61 Å². The molecule has 0 atom stereocenters. The van der Waals surface area contributed by atoms with Crippen molar-refractivity contribution in [3.05, 3.63) is 47.3 Å². The Morgan fingerprint density at radius 1 is 1.33 bits per heavy atom. The zero-order valence-corrected chi connectivity index (χ0v) is 13.6. The minimum absolute atomic E-state index is 0.0439. The third-order valence-electron chi connectivity index (χ3n) is 3.17. The first-order valence-corrected chi connectivity index (χ1v) is 7.35. The lowest BCUT2D eigenvalue weighted by molar-refractivity contribution is -0.0514. The number of carbonyl (C=O) groups is 1. The first-order valence-electron chi connectivity index (χ1n) is 7.35. The molecule has 0 fully saturated rings. The van der Waals surface area contributed by atoms with Crippen LogP contribution in [0.2, 0.25) is 0 Å². The summed E-state index contributed by atoms with van der Waals surface area (Å²) in [6, 6.07) is 6.19. The molecule has 0 spiro atoms. The lowest BCUT2D eigenvalue weighted by atomic mass is 10.1. The average molecular weight is 336 g/mol. The largest absolute Gasteiger partial charge is 0.490 e. The van der Waals surface area contributed by atoms with Crippen molar-refractivity contribution in [3.63, 3.8) is 0 Å². The monoisotopic (exact) mass is 336 g/mol. The van der Waals surface area contributed by atoms with Crippen LogP contribution in [0.1, 0.15) is 28.7 Å². The van der Waals surface area contributed by atoms with E-state index in [0.29, 0.717) is 17.9 Å². The Hall–Kier alpha value is -2.70. The number of aryl methyl sites for hydroxylation is 2. The van der Waals surface area contributed by atoms with Gasteiger partial charge in [0.25, 0.3) is 0 Å².